The van der Waals surface area contributed by atoms with E-state index >= 15 is 0 Å². The maximum absolute atomic E-state index is 6.14. The van der Waals surface area contributed by atoms with E-state index in [2.05, 4.69) is 18.5 Å². The largest absolute Gasteiger partial charge is 0.393 e. The van der Waals surface area contributed by atoms with Gasteiger partial charge in [0.15, 0.2) is 0 Å². The minimum absolute atomic E-state index is 0.201. The lowest BCUT2D eigenvalue weighted by molar-refractivity contribution is -0.0143. The number of ether oxygens (including phenoxy) is 1. The Morgan fingerprint density at radius 2 is 2.20 bits per heavy atom. The summed E-state index contributed by atoms with van der Waals surface area (Å²) in [6.07, 6.45) is 1.28. The van der Waals surface area contributed by atoms with Crippen LogP contribution >= 0.6 is 0 Å². The number of likely N-dealkylation sites (N-methyl/N-ethyl adjacent to an activating group) is 1. The zero-order valence-electron chi connectivity index (χ0n) is 9.70. The van der Waals surface area contributed by atoms with Crippen molar-refractivity contribution >= 4 is 8.56 Å². The number of hydrogen-bond donors (Lipinski definition) is 0. The molecule has 0 aliphatic carbocycles. The van der Waals surface area contributed by atoms with Gasteiger partial charge in [0, 0.05) is 26.3 Å². The third kappa shape index (κ3) is 3.25. The predicted octanol–water partition coefficient (Wildman–Crippen LogP) is 0.826. The second kappa shape index (κ2) is 4.93. The summed E-state index contributed by atoms with van der Waals surface area (Å²) < 4.78 is 17.7. The van der Waals surface area contributed by atoms with Crippen LogP contribution in [-0.4, -0.2) is 59.5 Å². The van der Waals surface area contributed by atoms with Crippen LogP contribution in [0.2, 0.25) is 12.6 Å². The molecule has 2 rings (SSSR count). The summed E-state index contributed by atoms with van der Waals surface area (Å²) in [6.45, 7) is 6.55. The summed E-state index contributed by atoms with van der Waals surface area (Å²) >= 11 is 0. The van der Waals surface area contributed by atoms with E-state index in [1.807, 2.05) is 0 Å². The molecule has 5 heteroatoms. The first-order chi connectivity index (χ1) is 7.18. The van der Waals surface area contributed by atoms with Crippen LogP contribution in [0.1, 0.15) is 6.42 Å². The number of fused-ring (bicyclic) bond motifs is 2. The number of hydrogen-bond acceptors (Lipinski definition) is 4. The zero-order chi connectivity index (χ0) is 10.7. The number of nitrogens with zero attached hydrogens (tertiary/aromatic N) is 1. The third-order valence-electron chi connectivity index (χ3n) is 3.03. The van der Waals surface area contributed by atoms with Crippen molar-refractivity contribution in [3.8, 4) is 0 Å². The van der Waals surface area contributed by atoms with Crippen LogP contribution in [0, 0.1) is 0 Å². The average Bonchev–Trinajstić information content (AvgIpc) is 2.11. The van der Waals surface area contributed by atoms with Gasteiger partial charge in [-0.3, -0.25) is 0 Å². The van der Waals surface area contributed by atoms with E-state index in [1.54, 1.807) is 0 Å². The second-order valence-electron chi connectivity index (χ2n) is 4.66. The lowest BCUT2D eigenvalue weighted by Crippen LogP contribution is -2.51. The molecule has 2 unspecified atom stereocenters. The Morgan fingerprint density at radius 3 is 3.07 bits per heavy atom. The first kappa shape index (κ1) is 11.5. The molecule has 0 amide bonds. The van der Waals surface area contributed by atoms with Crippen LogP contribution in [0.3, 0.4) is 0 Å². The molecule has 15 heavy (non-hydrogen) atoms. The lowest BCUT2D eigenvalue weighted by atomic mass is 10.3. The number of rotatable bonds is 0. The molecule has 2 heterocycles. The fraction of sp³-hybridized carbons (Fsp3) is 1.00. The van der Waals surface area contributed by atoms with Crippen molar-refractivity contribution in [2.45, 2.75) is 25.1 Å². The van der Waals surface area contributed by atoms with Crippen LogP contribution in [0.5, 0.6) is 0 Å². The second-order valence-corrected chi connectivity index (χ2v) is 7.95. The van der Waals surface area contributed by atoms with Gasteiger partial charge >= 0.3 is 8.56 Å². The van der Waals surface area contributed by atoms with E-state index in [-0.39, 0.29) is 6.10 Å². The summed E-state index contributed by atoms with van der Waals surface area (Å²) in [5.41, 5.74) is 0. The van der Waals surface area contributed by atoms with E-state index < -0.39 is 8.56 Å². The van der Waals surface area contributed by atoms with Crippen molar-refractivity contribution < 1.29 is 13.6 Å². The Hall–Kier alpha value is 0.0569. The Morgan fingerprint density at radius 1 is 1.33 bits per heavy atom. The quantitative estimate of drug-likeness (QED) is 0.578. The first-order valence-corrected chi connectivity index (χ1v) is 8.28. The van der Waals surface area contributed by atoms with Crippen LogP contribution in [0.4, 0.5) is 0 Å². The lowest BCUT2D eigenvalue weighted by Gasteiger charge is -2.38. The molecule has 0 spiro atoms. The molecule has 0 aromatic rings. The molecular weight excluding hydrogens is 210 g/mol. The summed E-state index contributed by atoms with van der Waals surface area (Å²) in [4.78, 5) is 2.25. The van der Waals surface area contributed by atoms with Gasteiger partial charge in [-0.1, -0.05) is 0 Å². The molecule has 0 aromatic carbocycles. The standard InChI is InChI=1S/C10H21NO3Si/c1-11-4-6-13-15(2)7-3-5-12-9-10(8-11)14-15/h10H,3-9H2,1-2H3. The molecule has 2 bridgehead atoms. The normalized spacial score (nSPS) is 40.0. The molecule has 0 aromatic heterocycles. The fourth-order valence-corrected chi connectivity index (χ4v) is 4.70. The van der Waals surface area contributed by atoms with Gasteiger partial charge in [-0.25, -0.2) is 0 Å². The third-order valence-corrected chi connectivity index (χ3v) is 5.94. The van der Waals surface area contributed by atoms with Gasteiger partial charge in [0.25, 0.3) is 0 Å². The van der Waals surface area contributed by atoms with E-state index in [1.165, 1.54) is 0 Å². The molecule has 2 fully saturated rings. The van der Waals surface area contributed by atoms with Crippen molar-refractivity contribution in [3.05, 3.63) is 0 Å². The monoisotopic (exact) mass is 231 g/mol. The Balaban J connectivity index is 2.03. The van der Waals surface area contributed by atoms with E-state index in [9.17, 15) is 0 Å². The topological polar surface area (TPSA) is 30.9 Å². The van der Waals surface area contributed by atoms with Crippen molar-refractivity contribution in [1.29, 1.82) is 0 Å². The van der Waals surface area contributed by atoms with Gasteiger partial charge in [0.05, 0.1) is 12.7 Å². The van der Waals surface area contributed by atoms with Crippen LogP contribution in [-0.2, 0) is 13.6 Å². The molecule has 0 saturated carbocycles. The summed E-state index contributed by atoms with van der Waals surface area (Å²) in [6, 6.07) is 1.06. The van der Waals surface area contributed by atoms with Crippen molar-refractivity contribution in [2.24, 2.45) is 0 Å². The maximum Gasteiger partial charge on any atom is 0.335 e. The minimum atomic E-state index is -1.89. The SMILES string of the molecule is CN1CCO[Si]2(C)CCCOCC(C1)O2. The molecule has 2 aliphatic heterocycles. The van der Waals surface area contributed by atoms with Crippen molar-refractivity contribution in [3.63, 3.8) is 0 Å². The summed E-state index contributed by atoms with van der Waals surface area (Å²) in [5, 5.41) is 0. The molecule has 2 aliphatic rings. The highest BCUT2D eigenvalue weighted by molar-refractivity contribution is 6.66. The van der Waals surface area contributed by atoms with E-state index in [0.717, 1.165) is 45.4 Å². The fourth-order valence-electron chi connectivity index (χ4n) is 2.21. The molecule has 4 nitrogen and oxygen atoms in total. The average molecular weight is 231 g/mol. The van der Waals surface area contributed by atoms with Gasteiger partial charge < -0.3 is 18.5 Å². The molecule has 0 radical (unpaired) electrons. The predicted molar refractivity (Wildman–Crippen MR) is 60.2 cm³/mol. The summed E-state index contributed by atoms with van der Waals surface area (Å²) in [7, 11) is 0.219. The van der Waals surface area contributed by atoms with E-state index in [0.29, 0.717) is 0 Å². The van der Waals surface area contributed by atoms with E-state index in [4.69, 9.17) is 13.6 Å². The minimum Gasteiger partial charge on any atom is -0.393 e. The molecule has 2 saturated heterocycles. The van der Waals surface area contributed by atoms with Crippen molar-refractivity contribution in [2.75, 3.05) is 40.0 Å². The Labute approximate surface area is 92.7 Å². The van der Waals surface area contributed by atoms with Crippen LogP contribution in [0.15, 0.2) is 0 Å². The molecule has 0 N–H and O–H groups in total. The van der Waals surface area contributed by atoms with Crippen molar-refractivity contribution in [1.82, 2.24) is 4.90 Å². The first-order valence-electron chi connectivity index (χ1n) is 5.76. The highest BCUT2D eigenvalue weighted by atomic mass is 28.4. The Kier molecular flexibility index (Phi) is 3.79. The zero-order valence-corrected chi connectivity index (χ0v) is 10.7. The highest BCUT2D eigenvalue weighted by Gasteiger charge is 2.37. The highest BCUT2D eigenvalue weighted by Crippen LogP contribution is 2.22. The molecule has 88 valence electrons. The summed E-state index contributed by atoms with van der Waals surface area (Å²) in [5.74, 6) is 0. The van der Waals surface area contributed by atoms with Gasteiger partial charge in [-0.05, 0) is 26.1 Å². The van der Waals surface area contributed by atoms with Gasteiger partial charge in [-0.15, -0.1) is 0 Å². The molecular formula is C10H21NO3Si. The van der Waals surface area contributed by atoms with Gasteiger partial charge in [-0.2, -0.15) is 0 Å². The van der Waals surface area contributed by atoms with Gasteiger partial charge in [0.1, 0.15) is 0 Å². The van der Waals surface area contributed by atoms with Crippen LogP contribution in [0.25, 0.3) is 0 Å². The van der Waals surface area contributed by atoms with Gasteiger partial charge in [0.2, 0.25) is 0 Å². The van der Waals surface area contributed by atoms with Crippen LogP contribution < -0.4 is 0 Å². The molecule has 2 atom stereocenters. The Bertz CT molecular complexity index is 217. The maximum atomic E-state index is 6.14. The smallest absolute Gasteiger partial charge is 0.335 e.